The highest BCUT2D eigenvalue weighted by Gasteiger charge is 2.17. The van der Waals surface area contributed by atoms with Gasteiger partial charge in [-0.3, -0.25) is 4.98 Å². The molecule has 66 valence electrons. The highest BCUT2D eigenvalue weighted by molar-refractivity contribution is 8.00. The van der Waals surface area contributed by atoms with E-state index < -0.39 is 0 Å². The van der Waals surface area contributed by atoms with E-state index in [9.17, 15) is 0 Å². The fraction of sp³-hybridized carbons (Fsp3) is 0.444. The Morgan fingerprint density at radius 2 is 2.33 bits per heavy atom. The molecule has 0 saturated carbocycles. The Morgan fingerprint density at radius 1 is 1.58 bits per heavy atom. The largest absolute Gasteiger partial charge is 0.395 e. The van der Waals surface area contributed by atoms with Gasteiger partial charge in [0.15, 0.2) is 0 Å². The van der Waals surface area contributed by atoms with Gasteiger partial charge in [0.2, 0.25) is 0 Å². The van der Waals surface area contributed by atoms with Gasteiger partial charge in [0.25, 0.3) is 0 Å². The first kappa shape index (κ1) is 9.55. The first-order valence-corrected chi connectivity index (χ1v) is 4.65. The zero-order valence-corrected chi connectivity index (χ0v) is 8.14. The normalized spacial score (nSPS) is 11.6. The highest BCUT2D eigenvalue weighted by atomic mass is 32.2. The minimum atomic E-state index is -0.122. The predicted octanol–water partition coefficient (Wildman–Crippen LogP) is 1.94. The number of nitrogens with zero attached hydrogens (tertiary/aromatic N) is 1. The molecule has 0 radical (unpaired) electrons. The van der Waals surface area contributed by atoms with Crippen molar-refractivity contribution in [3.8, 4) is 0 Å². The van der Waals surface area contributed by atoms with Gasteiger partial charge in [-0.15, -0.1) is 11.8 Å². The minimum Gasteiger partial charge on any atom is -0.395 e. The molecule has 0 saturated heterocycles. The SMILES string of the molecule is CC(C)(CO)Sc1cccnc1. The molecule has 1 aromatic rings. The molecule has 0 aliphatic heterocycles. The molecule has 1 rings (SSSR count). The first-order chi connectivity index (χ1) is 5.64. The van der Waals surface area contributed by atoms with Gasteiger partial charge in [-0.2, -0.15) is 0 Å². The third-order valence-electron chi connectivity index (χ3n) is 1.41. The van der Waals surface area contributed by atoms with Crippen LogP contribution in [-0.2, 0) is 0 Å². The van der Waals surface area contributed by atoms with Gasteiger partial charge >= 0.3 is 0 Å². The summed E-state index contributed by atoms with van der Waals surface area (Å²) in [5.41, 5.74) is 0. The van der Waals surface area contributed by atoms with E-state index in [0.717, 1.165) is 4.90 Å². The third kappa shape index (κ3) is 2.83. The molecule has 0 spiro atoms. The number of pyridine rings is 1. The van der Waals surface area contributed by atoms with Crippen molar-refractivity contribution >= 4 is 11.8 Å². The summed E-state index contributed by atoms with van der Waals surface area (Å²) in [5, 5.41) is 9.01. The lowest BCUT2D eigenvalue weighted by atomic mass is 10.2. The van der Waals surface area contributed by atoms with Crippen molar-refractivity contribution in [3.05, 3.63) is 24.5 Å². The number of thioether (sulfide) groups is 1. The molecule has 12 heavy (non-hydrogen) atoms. The average molecular weight is 183 g/mol. The lowest BCUT2D eigenvalue weighted by molar-refractivity contribution is 0.265. The summed E-state index contributed by atoms with van der Waals surface area (Å²) in [6.45, 7) is 4.18. The Morgan fingerprint density at radius 3 is 2.83 bits per heavy atom. The number of aliphatic hydroxyl groups excluding tert-OH is 1. The average Bonchev–Trinajstić information content (AvgIpc) is 2.06. The monoisotopic (exact) mass is 183 g/mol. The second-order valence-electron chi connectivity index (χ2n) is 3.21. The summed E-state index contributed by atoms with van der Waals surface area (Å²) in [4.78, 5) is 5.09. The maximum absolute atomic E-state index is 9.01. The lowest BCUT2D eigenvalue weighted by Crippen LogP contribution is -2.19. The Bertz CT molecular complexity index is 236. The standard InChI is InChI=1S/C9H13NOS/c1-9(2,7-11)12-8-4-3-5-10-6-8/h3-6,11H,7H2,1-2H3. The Hall–Kier alpha value is -0.540. The van der Waals surface area contributed by atoms with Crippen LogP contribution < -0.4 is 0 Å². The Balaban J connectivity index is 2.64. The van der Waals surface area contributed by atoms with E-state index >= 15 is 0 Å². The molecular weight excluding hydrogens is 170 g/mol. The van der Waals surface area contributed by atoms with Gasteiger partial charge in [-0.05, 0) is 26.0 Å². The molecule has 0 fully saturated rings. The van der Waals surface area contributed by atoms with Crippen molar-refractivity contribution < 1.29 is 5.11 Å². The molecular formula is C9H13NOS. The molecule has 0 unspecified atom stereocenters. The van der Waals surface area contributed by atoms with Crippen molar-refractivity contribution in [2.75, 3.05) is 6.61 Å². The number of hydrogen-bond acceptors (Lipinski definition) is 3. The van der Waals surface area contributed by atoms with Gasteiger partial charge < -0.3 is 5.11 Å². The van der Waals surface area contributed by atoms with Crippen molar-refractivity contribution in [1.29, 1.82) is 0 Å². The van der Waals surface area contributed by atoms with Crippen molar-refractivity contribution in [3.63, 3.8) is 0 Å². The molecule has 0 aromatic carbocycles. The molecule has 0 atom stereocenters. The molecule has 0 aliphatic carbocycles. The van der Waals surface area contributed by atoms with E-state index in [-0.39, 0.29) is 11.4 Å². The van der Waals surface area contributed by atoms with E-state index in [0.29, 0.717) is 0 Å². The van der Waals surface area contributed by atoms with Crippen molar-refractivity contribution in [2.45, 2.75) is 23.5 Å². The molecule has 2 nitrogen and oxygen atoms in total. The minimum absolute atomic E-state index is 0.122. The second-order valence-corrected chi connectivity index (χ2v) is 4.99. The van der Waals surface area contributed by atoms with Crippen LogP contribution in [0, 0.1) is 0 Å². The molecule has 0 bridgehead atoms. The first-order valence-electron chi connectivity index (χ1n) is 3.84. The van der Waals surface area contributed by atoms with Gasteiger partial charge in [0, 0.05) is 22.0 Å². The number of aliphatic hydroxyl groups is 1. The number of hydrogen-bond donors (Lipinski definition) is 1. The zero-order chi connectivity index (χ0) is 9.03. The predicted molar refractivity (Wildman–Crippen MR) is 51.3 cm³/mol. The molecule has 1 aromatic heterocycles. The highest BCUT2D eigenvalue weighted by Crippen LogP contribution is 2.30. The van der Waals surface area contributed by atoms with E-state index in [2.05, 4.69) is 4.98 Å². The maximum atomic E-state index is 9.01. The number of aromatic nitrogens is 1. The molecule has 0 amide bonds. The summed E-state index contributed by atoms with van der Waals surface area (Å²) < 4.78 is -0.122. The summed E-state index contributed by atoms with van der Waals surface area (Å²) in [5.74, 6) is 0. The molecule has 1 heterocycles. The third-order valence-corrected chi connectivity index (χ3v) is 2.57. The zero-order valence-electron chi connectivity index (χ0n) is 7.32. The van der Waals surface area contributed by atoms with Crippen LogP contribution in [-0.4, -0.2) is 21.4 Å². The summed E-state index contributed by atoms with van der Waals surface area (Å²) in [6, 6.07) is 3.89. The van der Waals surface area contributed by atoms with Crippen LogP contribution in [0.5, 0.6) is 0 Å². The molecule has 0 aliphatic rings. The van der Waals surface area contributed by atoms with Crippen LogP contribution in [0.4, 0.5) is 0 Å². The molecule has 3 heteroatoms. The second kappa shape index (κ2) is 3.92. The fourth-order valence-electron chi connectivity index (χ4n) is 0.759. The van der Waals surface area contributed by atoms with Crippen LogP contribution in [0.25, 0.3) is 0 Å². The van der Waals surface area contributed by atoms with Gasteiger partial charge in [-0.1, -0.05) is 0 Å². The fourth-order valence-corrected chi connectivity index (χ4v) is 1.72. The summed E-state index contributed by atoms with van der Waals surface area (Å²) >= 11 is 1.63. The quantitative estimate of drug-likeness (QED) is 0.727. The lowest BCUT2D eigenvalue weighted by Gasteiger charge is -2.20. The summed E-state index contributed by atoms with van der Waals surface area (Å²) in [6.07, 6.45) is 3.55. The van der Waals surface area contributed by atoms with Gasteiger partial charge in [-0.25, -0.2) is 0 Å². The van der Waals surface area contributed by atoms with E-state index in [1.165, 1.54) is 0 Å². The van der Waals surface area contributed by atoms with Crippen molar-refractivity contribution in [1.82, 2.24) is 4.98 Å². The van der Waals surface area contributed by atoms with E-state index in [1.807, 2.05) is 32.2 Å². The Kier molecular flexibility index (Phi) is 3.12. The van der Waals surface area contributed by atoms with Crippen molar-refractivity contribution in [2.24, 2.45) is 0 Å². The number of rotatable bonds is 3. The van der Waals surface area contributed by atoms with Crippen LogP contribution in [0.3, 0.4) is 0 Å². The smallest absolute Gasteiger partial charge is 0.0576 e. The van der Waals surface area contributed by atoms with Crippen LogP contribution in [0.15, 0.2) is 29.4 Å². The Labute approximate surface area is 77.0 Å². The maximum Gasteiger partial charge on any atom is 0.0576 e. The van der Waals surface area contributed by atoms with Gasteiger partial charge in [0.1, 0.15) is 0 Å². The van der Waals surface area contributed by atoms with Crippen LogP contribution in [0.1, 0.15) is 13.8 Å². The summed E-state index contributed by atoms with van der Waals surface area (Å²) in [7, 11) is 0. The van der Waals surface area contributed by atoms with E-state index in [1.54, 1.807) is 18.0 Å². The van der Waals surface area contributed by atoms with E-state index in [4.69, 9.17) is 5.11 Å². The van der Waals surface area contributed by atoms with Crippen LogP contribution in [0.2, 0.25) is 0 Å². The van der Waals surface area contributed by atoms with Crippen LogP contribution >= 0.6 is 11.8 Å². The topological polar surface area (TPSA) is 33.1 Å². The molecule has 1 N–H and O–H groups in total. The van der Waals surface area contributed by atoms with Gasteiger partial charge in [0.05, 0.1) is 6.61 Å².